The quantitative estimate of drug-likeness (QED) is 0.164. The molecule has 0 aliphatic rings. The van der Waals surface area contributed by atoms with Crippen molar-refractivity contribution >= 4 is 0 Å². The molecule has 3 heteroatoms. The highest BCUT2D eigenvalue weighted by Gasteiger charge is 2.27. The molecule has 0 spiro atoms. The summed E-state index contributed by atoms with van der Waals surface area (Å²) in [5.74, 6) is 1.19. The Morgan fingerprint density at radius 3 is 0.765 bits per heavy atom. The predicted molar refractivity (Wildman–Crippen MR) is 218 cm³/mol. The normalized spacial score (nSPS) is 12.5. The Bertz CT molecular complexity index is 1680. The van der Waals surface area contributed by atoms with Crippen LogP contribution in [-0.4, -0.2) is 15.3 Å². The first-order chi connectivity index (χ1) is 23.5. The van der Waals surface area contributed by atoms with Crippen molar-refractivity contribution < 1.29 is 15.3 Å². The van der Waals surface area contributed by atoms with Gasteiger partial charge in [0.25, 0.3) is 0 Å². The lowest BCUT2D eigenvalue weighted by Gasteiger charge is -2.29. The van der Waals surface area contributed by atoms with Gasteiger partial charge in [-0.05, 0) is 159 Å². The minimum atomic E-state index is -0.183. The zero-order valence-corrected chi connectivity index (χ0v) is 34.5. The molecule has 0 saturated carbocycles. The summed E-state index contributed by atoms with van der Waals surface area (Å²) < 4.78 is 0. The molecule has 0 unspecified atom stereocenters. The molecule has 0 aliphatic heterocycles. The monoisotopic (exact) mass is 691 g/mol. The SMILES string of the molecule is CCc1c(Cc2cc(C)c(O)c(C(C)(C)C)c2)c(CC)c(Cc2cc(C)c(O)c(C(C)(C)C)c2)c(CC)c1Cc1cc(C)c(O)c(C(C)(C)C)c1. The van der Waals surface area contributed by atoms with Crippen LogP contribution < -0.4 is 0 Å². The summed E-state index contributed by atoms with van der Waals surface area (Å²) in [6.45, 7) is 32.5. The minimum Gasteiger partial charge on any atom is -0.507 e. The zero-order valence-electron chi connectivity index (χ0n) is 34.5. The summed E-state index contributed by atoms with van der Waals surface area (Å²) in [4.78, 5) is 0. The number of aryl methyl sites for hydroxylation is 3. The molecule has 276 valence electrons. The molecule has 0 atom stereocenters. The second-order valence-corrected chi connectivity index (χ2v) is 18.1. The number of hydrogen-bond acceptors (Lipinski definition) is 3. The van der Waals surface area contributed by atoms with Crippen molar-refractivity contribution in [3.8, 4) is 17.2 Å². The van der Waals surface area contributed by atoms with Gasteiger partial charge in [-0.1, -0.05) is 119 Å². The van der Waals surface area contributed by atoms with Gasteiger partial charge < -0.3 is 15.3 Å². The highest BCUT2D eigenvalue weighted by molar-refractivity contribution is 5.59. The smallest absolute Gasteiger partial charge is 0.122 e. The van der Waals surface area contributed by atoms with Crippen molar-refractivity contribution in [2.75, 3.05) is 0 Å². The summed E-state index contributed by atoms with van der Waals surface area (Å²) in [5.41, 5.74) is 17.4. The Labute approximate surface area is 310 Å². The molecule has 3 nitrogen and oxygen atoms in total. The van der Waals surface area contributed by atoms with Gasteiger partial charge in [-0.3, -0.25) is 0 Å². The van der Waals surface area contributed by atoms with Crippen LogP contribution in [0, 0.1) is 20.8 Å². The molecule has 0 radical (unpaired) electrons. The van der Waals surface area contributed by atoms with Crippen LogP contribution in [0.1, 0.15) is 167 Å². The summed E-state index contributed by atoms with van der Waals surface area (Å²) >= 11 is 0. The van der Waals surface area contributed by atoms with Crippen LogP contribution in [0.15, 0.2) is 36.4 Å². The van der Waals surface area contributed by atoms with E-state index in [1.165, 1.54) is 50.1 Å². The third-order valence-corrected chi connectivity index (χ3v) is 10.9. The van der Waals surface area contributed by atoms with Crippen LogP contribution in [0.25, 0.3) is 0 Å². The van der Waals surface area contributed by atoms with Gasteiger partial charge in [0.2, 0.25) is 0 Å². The van der Waals surface area contributed by atoms with Crippen molar-refractivity contribution in [3.63, 3.8) is 0 Å². The number of rotatable bonds is 9. The van der Waals surface area contributed by atoms with Crippen LogP contribution in [0.3, 0.4) is 0 Å². The summed E-state index contributed by atoms with van der Waals surface area (Å²) in [5, 5.41) is 33.4. The highest BCUT2D eigenvalue weighted by Crippen LogP contribution is 2.41. The Morgan fingerprint density at radius 1 is 0.373 bits per heavy atom. The Kier molecular flexibility index (Phi) is 11.6. The molecule has 0 amide bonds. The molecular formula is C48H66O3. The molecule has 4 rings (SSSR count). The van der Waals surface area contributed by atoms with Crippen molar-refractivity contribution in [1.82, 2.24) is 0 Å². The van der Waals surface area contributed by atoms with Crippen LogP contribution in [0.5, 0.6) is 17.2 Å². The molecular weight excluding hydrogens is 625 g/mol. The van der Waals surface area contributed by atoms with Gasteiger partial charge in [-0.25, -0.2) is 0 Å². The average Bonchev–Trinajstić information content (AvgIpc) is 3.00. The van der Waals surface area contributed by atoms with Crippen LogP contribution in [0.2, 0.25) is 0 Å². The topological polar surface area (TPSA) is 60.7 Å². The van der Waals surface area contributed by atoms with Crippen molar-refractivity contribution in [2.45, 2.75) is 159 Å². The summed E-state index contributed by atoms with van der Waals surface area (Å²) in [6.07, 6.45) is 5.15. The standard InChI is InChI=1S/C48H66O3/c1-16-34-37(22-31-19-28(4)43(49)40(25-31)46(7,8)9)35(17-2)39(24-33-21-30(6)45(51)42(27-33)48(13,14)15)36(18-3)38(34)23-32-20-29(5)44(50)41(26-32)47(10,11)12/h19-21,25-27,49-51H,16-18,22-24H2,1-15H3. The fourth-order valence-corrected chi connectivity index (χ4v) is 8.21. The molecule has 3 N–H and O–H groups in total. The molecule has 0 saturated heterocycles. The van der Waals surface area contributed by atoms with Crippen LogP contribution >= 0.6 is 0 Å². The van der Waals surface area contributed by atoms with E-state index >= 15 is 0 Å². The molecule has 0 fully saturated rings. The number of phenols is 3. The fourth-order valence-electron chi connectivity index (χ4n) is 8.21. The third-order valence-electron chi connectivity index (χ3n) is 10.9. The van der Waals surface area contributed by atoms with E-state index in [1.54, 1.807) is 0 Å². The molecule has 0 aromatic heterocycles. The first-order valence-electron chi connectivity index (χ1n) is 19.2. The number of hydrogen-bond donors (Lipinski definition) is 3. The van der Waals surface area contributed by atoms with E-state index in [-0.39, 0.29) is 16.2 Å². The van der Waals surface area contributed by atoms with E-state index in [0.29, 0.717) is 17.2 Å². The molecule has 0 bridgehead atoms. The maximum Gasteiger partial charge on any atom is 0.122 e. The first-order valence-corrected chi connectivity index (χ1v) is 19.2. The summed E-state index contributed by atoms with van der Waals surface area (Å²) in [6, 6.07) is 13.2. The minimum absolute atomic E-state index is 0.183. The predicted octanol–water partition coefficient (Wildman–Crippen LogP) is 12.1. The van der Waals surface area contributed by atoms with Gasteiger partial charge in [-0.2, -0.15) is 0 Å². The largest absolute Gasteiger partial charge is 0.507 e. The lowest BCUT2D eigenvalue weighted by atomic mass is 9.76. The second-order valence-electron chi connectivity index (χ2n) is 18.1. The van der Waals surface area contributed by atoms with Gasteiger partial charge in [-0.15, -0.1) is 0 Å². The first kappa shape index (κ1) is 40.1. The number of phenolic OH excluding ortho intramolecular Hbond substituents is 3. The van der Waals surface area contributed by atoms with Gasteiger partial charge in [0, 0.05) is 0 Å². The van der Waals surface area contributed by atoms with Gasteiger partial charge in [0.05, 0.1) is 0 Å². The molecule has 0 aliphatic carbocycles. The van der Waals surface area contributed by atoms with Crippen LogP contribution in [0.4, 0.5) is 0 Å². The number of benzene rings is 4. The summed E-state index contributed by atoms with van der Waals surface area (Å²) in [7, 11) is 0. The van der Waals surface area contributed by atoms with Crippen molar-refractivity contribution in [2.24, 2.45) is 0 Å². The Morgan fingerprint density at radius 2 is 0.588 bits per heavy atom. The number of aromatic hydroxyl groups is 3. The average molecular weight is 691 g/mol. The maximum absolute atomic E-state index is 11.1. The lowest BCUT2D eigenvalue weighted by Crippen LogP contribution is -2.17. The Balaban J connectivity index is 2.09. The third kappa shape index (κ3) is 8.34. The van der Waals surface area contributed by atoms with Crippen LogP contribution in [-0.2, 0) is 54.8 Å². The van der Waals surface area contributed by atoms with Crippen molar-refractivity contribution in [1.29, 1.82) is 0 Å². The lowest BCUT2D eigenvalue weighted by molar-refractivity contribution is 0.442. The van der Waals surface area contributed by atoms with Gasteiger partial charge in [0.15, 0.2) is 0 Å². The Hall–Kier alpha value is -3.72. The molecule has 4 aromatic carbocycles. The second kappa shape index (κ2) is 14.7. The van der Waals surface area contributed by atoms with Gasteiger partial charge >= 0.3 is 0 Å². The van der Waals surface area contributed by atoms with E-state index in [1.807, 2.05) is 20.8 Å². The van der Waals surface area contributed by atoms with E-state index in [9.17, 15) is 15.3 Å². The van der Waals surface area contributed by atoms with Crippen molar-refractivity contribution in [3.05, 3.63) is 120 Å². The molecule has 51 heavy (non-hydrogen) atoms. The van der Waals surface area contributed by atoms with E-state index in [0.717, 1.165) is 71.9 Å². The van der Waals surface area contributed by atoms with E-state index in [4.69, 9.17) is 0 Å². The van der Waals surface area contributed by atoms with Gasteiger partial charge in [0.1, 0.15) is 17.2 Å². The molecule has 0 heterocycles. The van der Waals surface area contributed by atoms with E-state index < -0.39 is 0 Å². The molecule has 4 aromatic rings. The zero-order chi connectivity index (χ0) is 38.4. The highest BCUT2D eigenvalue weighted by atomic mass is 16.3. The maximum atomic E-state index is 11.1. The fraction of sp³-hybridized carbons (Fsp3) is 0.500. The van der Waals surface area contributed by atoms with E-state index in [2.05, 4.69) is 119 Å².